The van der Waals surface area contributed by atoms with Crippen LogP contribution in [0.15, 0.2) is 24.3 Å². The van der Waals surface area contributed by atoms with Crippen molar-refractivity contribution in [1.82, 2.24) is 10.6 Å². The van der Waals surface area contributed by atoms with Crippen LogP contribution in [0.1, 0.15) is 38.8 Å². The summed E-state index contributed by atoms with van der Waals surface area (Å²) >= 11 is 0. The number of ether oxygens (including phenoxy) is 1. The zero-order valence-corrected chi connectivity index (χ0v) is 12.8. The molecule has 0 aliphatic carbocycles. The largest absolute Gasteiger partial charge is 0.491 e. The average molecular weight is 292 g/mol. The second-order valence-electron chi connectivity index (χ2n) is 5.82. The van der Waals surface area contributed by atoms with Crippen LogP contribution in [0, 0.1) is 0 Å². The number of rotatable bonds is 5. The van der Waals surface area contributed by atoms with Crippen molar-refractivity contribution in [3.05, 3.63) is 29.8 Å². The van der Waals surface area contributed by atoms with Gasteiger partial charge in [-0.05, 0) is 44.9 Å². The van der Waals surface area contributed by atoms with Gasteiger partial charge in [-0.25, -0.2) is 0 Å². The van der Waals surface area contributed by atoms with Crippen molar-refractivity contribution in [3.8, 4) is 5.75 Å². The number of benzene rings is 1. The van der Waals surface area contributed by atoms with Crippen LogP contribution in [0.25, 0.3) is 0 Å². The standard InChI is InChI=1S/C16H24N2O3/c1-10(2)21-14-6-4-12(5-7-14)11(3)18-16(20)15-8-13(19)9-17-15/h4-7,10-11,13,15,17,19H,8-9H2,1-3H3,(H,18,20)/t11-,13+,15-/m0/s1. The normalized spacial score (nSPS) is 23.1. The number of β-amino-alcohol motifs (C(OH)–C–C–N with tert-alkyl or cyclic N) is 1. The Morgan fingerprint density at radius 3 is 2.52 bits per heavy atom. The van der Waals surface area contributed by atoms with Gasteiger partial charge in [0.1, 0.15) is 5.75 Å². The Kier molecular flexibility index (Phi) is 5.20. The van der Waals surface area contributed by atoms with Crippen molar-refractivity contribution in [2.75, 3.05) is 6.54 Å². The van der Waals surface area contributed by atoms with E-state index in [1.807, 2.05) is 45.0 Å². The predicted octanol–water partition coefficient (Wildman–Crippen LogP) is 1.37. The molecule has 1 aliphatic heterocycles. The van der Waals surface area contributed by atoms with Crippen LogP contribution in [0.3, 0.4) is 0 Å². The fraction of sp³-hybridized carbons (Fsp3) is 0.562. The lowest BCUT2D eigenvalue weighted by atomic mass is 10.1. The van der Waals surface area contributed by atoms with Crippen molar-refractivity contribution in [2.24, 2.45) is 0 Å². The molecule has 1 aliphatic rings. The van der Waals surface area contributed by atoms with Crippen molar-refractivity contribution in [3.63, 3.8) is 0 Å². The predicted molar refractivity (Wildman–Crippen MR) is 81.2 cm³/mol. The third-order valence-corrected chi connectivity index (χ3v) is 3.53. The highest BCUT2D eigenvalue weighted by Crippen LogP contribution is 2.19. The first-order valence-electron chi connectivity index (χ1n) is 7.44. The first-order valence-corrected chi connectivity index (χ1v) is 7.44. The molecule has 3 atom stereocenters. The molecule has 0 radical (unpaired) electrons. The van der Waals surface area contributed by atoms with E-state index in [4.69, 9.17) is 4.74 Å². The number of hydrogen-bond acceptors (Lipinski definition) is 4. The molecule has 0 bridgehead atoms. The number of aliphatic hydroxyl groups excluding tert-OH is 1. The minimum absolute atomic E-state index is 0.0680. The molecule has 1 aromatic carbocycles. The first kappa shape index (κ1) is 15.8. The van der Waals surface area contributed by atoms with Crippen LogP contribution in [0.2, 0.25) is 0 Å². The average Bonchev–Trinajstić information content (AvgIpc) is 2.85. The Balaban J connectivity index is 1.90. The molecule has 1 fully saturated rings. The molecular weight excluding hydrogens is 268 g/mol. The number of carbonyl (C=O) groups is 1. The van der Waals surface area contributed by atoms with E-state index in [9.17, 15) is 9.90 Å². The molecule has 2 rings (SSSR count). The summed E-state index contributed by atoms with van der Waals surface area (Å²) in [4.78, 5) is 12.1. The SMILES string of the molecule is CC(C)Oc1ccc([C@H](C)NC(=O)[C@@H]2C[C@@H](O)CN2)cc1. The molecule has 5 heteroatoms. The van der Waals surface area contributed by atoms with E-state index >= 15 is 0 Å². The van der Waals surface area contributed by atoms with E-state index < -0.39 is 6.10 Å². The Labute approximate surface area is 125 Å². The lowest BCUT2D eigenvalue weighted by Gasteiger charge is -2.18. The van der Waals surface area contributed by atoms with Crippen LogP contribution in [0.4, 0.5) is 0 Å². The van der Waals surface area contributed by atoms with E-state index in [1.165, 1.54) is 0 Å². The Bertz CT molecular complexity index is 473. The molecular formula is C16H24N2O3. The molecule has 21 heavy (non-hydrogen) atoms. The van der Waals surface area contributed by atoms with Gasteiger partial charge in [0.2, 0.25) is 5.91 Å². The molecule has 0 saturated carbocycles. The van der Waals surface area contributed by atoms with Crippen molar-refractivity contribution in [2.45, 2.75) is 51.5 Å². The highest BCUT2D eigenvalue weighted by Gasteiger charge is 2.28. The molecule has 0 aromatic heterocycles. The van der Waals surface area contributed by atoms with Gasteiger partial charge in [0.05, 0.1) is 24.3 Å². The summed E-state index contributed by atoms with van der Waals surface area (Å²) in [5.41, 5.74) is 1.03. The monoisotopic (exact) mass is 292 g/mol. The second kappa shape index (κ2) is 6.91. The van der Waals surface area contributed by atoms with Gasteiger partial charge in [-0.1, -0.05) is 12.1 Å². The molecule has 0 unspecified atom stereocenters. The van der Waals surface area contributed by atoms with Crippen LogP contribution in [-0.2, 0) is 4.79 Å². The molecule has 3 N–H and O–H groups in total. The van der Waals surface area contributed by atoms with E-state index in [0.717, 1.165) is 11.3 Å². The smallest absolute Gasteiger partial charge is 0.237 e. The quantitative estimate of drug-likeness (QED) is 0.766. The summed E-state index contributed by atoms with van der Waals surface area (Å²) in [6, 6.07) is 7.36. The van der Waals surface area contributed by atoms with E-state index in [0.29, 0.717) is 13.0 Å². The molecule has 1 aromatic rings. The fourth-order valence-electron chi connectivity index (χ4n) is 2.42. The van der Waals surface area contributed by atoms with Crippen molar-refractivity contribution >= 4 is 5.91 Å². The molecule has 0 spiro atoms. The summed E-state index contributed by atoms with van der Waals surface area (Å²) in [6.07, 6.45) is 0.191. The topological polar surface area (TPSA) is 70.6 Å². The number of hydrogen-bond donors (Lipinski definition) is 3. The van der Waals surface area contributed by atoms with Crippen molar-refractivity contribution in [1.29, 1.82) is 0 Å². The zero-order chi connectivity index (χ0) is 15.4. The minimum Gasteiger partial charge on any atom is -0.491 e. The summed E-state index contributed by atoms with van der Waals surface area (Å²) < 4.78 is 5.60. The Hall–Kier alpha value is -1.59. The Morgan fingerprint density at radius 1 is 1.33 bits per heavy atom. The summed E-state index contributed by atoms with van der Waals surface area (Å²) in [5.74, 6) is 0.759. The number of nitrogens with one attached hydrogen (secondary N) is 2. The van der Waals surface area contributed by atoms with Crippen molar-refractivity contribution < 1.29 is 14.6 Å². The van der Waals surface area contributed by atoms with E-state index in [1.54, 1.807) is 0 Å². The Morgan fingerprint density at radius 2 is 2.00 bits per heavy atom. The minimum atomic E-state index is -0.427. The zero-order valence-electron chi connectivity index (χ0n) is 12.8. The molecule has 116 valence electrons. The van der Waals surface area contributed by atoms with Gasteiger partial charge in [-0.15, -0.1) is 0 Å². The van der Waals surface area contributed by atoms with Crippen LogP contribution >= 0.6 is 0 Å². The van der Waals surface area contributed by atoms with Gasteiger partial charge < -0.3 is 20.5 Å². The maximum atomic E-state index is 12.1. The number of aliphatic hydroxyl groups is 1. The molecule has 1 saturated heterocycles. The van der Waals surface area contributed by atoms with Gasteiger partial charge in [0, 0.05) is 6.54 Å². The van der Waals surface area contributed by atoms with Gasteiger partial charge in [0.15, 0.2) is 0 Å². The molecule has 5 nitrogen and oxygen atoms in total. The highest BCUT2D eigenvalue weighted by atomic mass is 16.5. The lowest BCUT2D eigenvalue weighted by Crippen LogP contribution is -2.41. The van der Waals surface area contributed by atoms with Gasteiger partial charge in [0.25, 0.3) is 0 Å². The first-order chi connectivity index (χ1) is 9.95. The van der Waals surface area contributed by atoms with E-state index in [-0.39, 0.29) is 24.1 Å². The maximum absolute atomic E-state index is 12.1. The second-order valence-corrected chi connectivity index (χ2v) is 5.82. The van der Waals surface area contributed by atoms with Crippen LogP contribution < -0.4 is 15.4 Å². The fourth-order valence-corrected chi connectivity index (χ4v) is 2.42. The summed E-state index contributed by atoms with van der Waals surface area (Å²) in [6.45, 7) is 6.40. The number of carbonyl (C=O) groups excluding carboxylic acids is 1. The molecule has 1 amide bonds. The van der Waals surface area contributed by atoms with Gasteiger partial charge >= 0.3 is 0 Å². The lowest BCUT2D eigenvalue weighted by molar-refractivity contribution is -0.123. The maximum Gasteiger partial charge on any atom is 0.237 e. The summed E-state index contributed by atoms with van der Waals surface area (Å²) in [7, 11) is 0. The summed E-state index contributed by atoms with van der Waals surface area (Å²) in [5, 5.41) is 15.4. The molecule has 1 heterocycles. The number of amides is 1. The third kappa shape index (κ3) is 4.44. The van der Waals surface area contributed by atoms with E-state index in [2.05, 4.69) is 10.6 Å². The highest BCUT2D eigenvalue weighted by molar-refractivity contribution is 5.82. The van der Waals surface area contributed by atoms with Gasteiger partial charge in [-0.2, -0.15) is 0 Å². The van der Waals surface area contributed by atoms with Crippen LogP contribution in [-0.4, -0.2) is 35.8 Å². The third-order valence-electron chi connectivity index (χ3n) is 3.53. The van der Waals surface area contributed by atoms with Gasteiger partial charge in [-0.3, -0.25) is 4.79 Å². The van der Waals surface area contributed by atoms with Crippen LogP contribution in [0.5, 0.6) is 5.75 Å².